The molecule has 0 aromatic heterocycles. The first-order valence-corrected chi connectivity index (χ1v) is 11.0. The van der Waals surface area contributed by atoms with E-state index >= 15 is 0 Å². The molecule has 0 aliphatic carbocycles. The fourth-order valence-corrected chi connectivity index (χ4v) is 4.83. The van der Waals surface area contributed by atoms with Gasteiger partial charge in [0.15, 0.2) is 6.61 Å². The summed E-state index contributed by atoms with van der Waals surface area (Å²) in [4.78, 5) is 23.6. The Morgan fingerprint density at radius 2 is 1.77 bits per heavy atom. The van der Waals surface area contributed by atoms with Gasteiger partial charge < -0.3 is 14.8 Å². The summed E-state index contributed by atoms with van der Waals surface area (Å²) in [6.45, 7) is 0.675. The Kier molecular flexibility index (Phi) is 6.96. The molecule has 1 heterocycles. The van der Waals surface area contributed by atoms with Gasteiger partial charge in [-0.2, -0.15) is 4.31 Å². The Balaban J connectivity index is 1.59. The maximum Gasteiger partial charge on any atom is 0.337 e. The molecule has 1 N–H and O–H groups in total. The van der Waals surface area contributed by atoms with Crippen molar-refractivity contribution >= 4 is 39.2 Å². The number of anilines is 1. The average Bonchev–Trinajstić information content (AvgIpc) is 3.28. The van der Waals surface area contributed by atoms with E-state index in [4.69, 9.17) is 16.3 Å². The lowest BCUT2D eigenvalue weighted by Gasteiger charge is -2.16. The minimum absolute atomic E-state index is 0.0943. The molecule has 1 fully saturated rings. The van der Waals surface area contributed by atoms with E-state index < -0.39 is 21.9 Å². The van der Waals surface area contributed by atoms with Crippen LogP contribution in [0.15, 0.2) is 47.4 Å². The number of halogens is 1. The van der Waals surface area contributed by atoms with E-state index in [1.807, 2.05) is 0 Å². The van der Waals surface area contributed by atoms with Gasteiger partial charge in [-0.05, 0) is 55.3 Å². The largest absolute Gasteiger partial charge is 0.482 e. The molecule has 0 bridgehead atoms. The van der Waals surface area contributed by atoms with Gasteiger partial charge in [-0.15, -0.1) is 0 Å². The zero-order chi connectivity index (χ0) is 21.7. The molecule has 0 saturated carbocycles. The predicted octanol–water partition coefficient (Wildman–Crippen LogP) is 2.93. The van der Waals surface area contributed by atoms with Crippen LogP contribution in [0.1, 0.15) is 23.2 Å². The molecular weight excluding hydrogens is 432 g/mol. The Hall–Kier alpha value is -2.62. The van der Waals surface area contributed by atoms with Gasteiger partial charge in [0.2, 0.25) is 10.0 Å². The third-order valence-electron chi connectivity index (χ3n) is 4.55. The molecule has 160 valence electrons. The average molecular weight is 453 g/mol. The molecule has 3 rings (SSSR count). The zero-order valence-electron chi connectivity index (χ0n) is 16.3. The summed E-state index contributed by atoms with van der Waals surface area (Å²) in [5.41, 5.74) is 0.844. The highest BCUT2D eigenvalue weighted by molar-refractivity contribution is 7.89. The van der Waals surface area contributed by atoms with Gasteiger partial charge in [-0.1, -0.05) is 11.6 Å². The highest BCUT2D eigenvalue weighted by Gasteiger charge is 2.27. The van der Waals surface area contributed by atoms with Crippen LogP contribution in [-0.4, -0.2) is 51.4 Å². The number of esters is 1. The lowest BCUT2D eigenvalue weighted by Crippen LogP contribution is -2.27. The molecule has 1 amide bonds. The van der Waals surface area contributed by atoms with Crippen LogP contribution < -0.4 is 10.1 Å². The highest BCUT2D eigenvalue weighted by Crippen LogP contribution is 2.30. The number of hydrogen-bond acceptors (Lipinski definition) is 6. The van der Waals surface area contributed by atoms with Gasteiger partial charge >= 0.3 is 5.97 Å². The number of sulfonamides is 1. The van der Waals surface area contributed by atoms with E-state index in [1.165, 1.54) is 41.7 Å². The zero-order valence-corrected chi connectivity index (χ0v) is 17.8. The summed E-state index contributed by atoms with van der Waals surface area (Å²) in [5.74, 6) is -0.708. The van der Waals surface area contributed by atoms with Crippen molar-refractivity contribution in [2.75, 3.05) is 32.1 Å². The molecule has 1 saturated heterocycles. The Morgan fingerprint density at radius 3 is 2.37 bits per heavy atom. The SMILES string of the molecule is COC(=O)c1ccc(NC(=O)COc2ccc(S(=O)(=O)N3CCCC3)cc2Cl)cc1. The quantitative estimate of drug-likeness (QED) is 0.648. The standard InChI is InChI=1S/C20H21ClN2O6S/c1-28-20(25)14-4-6-15(7-5-14)22-19(24)13-29-18-9-8-16(12-17(18)21)30(26,27)23-10-2-3-11-23/h4-9,12H,2-3,10-11,13H2,1H3,(H,22,24). The lowest BCUT2D eigenvalue weighted by molar-refractivity contribution is -0.118. The van der Waals surface area contributed by atoms with Crippen molar-refractivity contribution in [2.45, 2.75) is 17.7 Å². The monoisotopic (exact) mass is 452 g/mol. The lowest BCUT2D eigenvalue weighted by atomic mass is 10.2. The molecule has 8 nitrogen and oxygen atoms in total. The summed E-state index contributed by atoms with van der Waals surface area (Å²) < 4.78 is 36.6. The van der Waals surface area contributed by atoms with Gasteiger partial charge in [0.25, 0.3) is 5.91 Å². The molecule has 2 aromatic carbocycles. The second-order valence-corrected chi connectivity index (χ2v) is 8.95. The fourth-order valence-electron chi connectivity index (χ4n) is 2.98. The van der Waals surface area contributed by atoms with Crippen LogP contribution in [0, 0.1) is 0 Å². The van der Waals surface area contributed by atoms with E-state index in [0.29, 0.717) is 24.3 Å². The van der Waals surface area contributed by atoms with Crippen LogP contribution in [0.3, 0.4) is 0 Å². The minimum Gasteiger partial charge on any atom is -0.482 e. The summed E-state index contributed by atoms with van der Waals surface area (Å²) in [7, 11) is -2.29. The minimum atomic E-state index is -3.58. The smallest absolute Gasteiger partial charge is 0.337 e. The number of ether oxygens (including phenoxy) is 2. The summed E-state index contributed by atoms with van der Waals surface area (Å²) >= 11 is 6.16. The number of nitrogens with zero attached hydrogens (tertiary/aromatic N) is 1. The van der Waals surface area contributed by atoms with E-state index in [1.54, 1.807) is 12.1 Å². The van der Waals surface area contributed by atoms with Crippen LogP contribution in [-0.2, 0) is 19.6 Å². The maximum atomic E-state index is 12.6. The number of hydrogen-bond donors (Lipinski definition) is 1. The second-order valence-electron chi connectivity index (χ2n) is 6.61. The third kappa shape index (κ3) is 5.10. The number of carbonyl (C=O) groups is 2. The van der Waals surface area contributed by atoms with E-state index in [9.17, 15) is 18.0 Å². The molecule has 0 atom stereocenters. The van der Waals surface area contributed by atoms with Crippen molar-refractivity contribution in [1.82, 2.24) is 4.31 Å². The molecule has 1 aliphatic rings. The number of nitrogens with one attached hydrogen (secondary N) is 1. The first kappa shape index (κ1) is 22.1. The van der Waals surface area contributed by atoms with Gasteiger partial charge in [-0.25, -0.2) is 13.2 Å². The normalized spacial score (nSPS) is 14.3. The fraction of sp³-hybridized carbons (Fsp3) is 0.300. The molecule has 1 aliphatic heterocycles. The second kappa shape index (κ2) is 9.46. The molecule has 2 aromatic rings. The maximum absolute atomic E-state index is 12.6. The summed E-state index contributed by atoms with van der Waals surface area (Å²) in [6.07, 6.45) is 1.68. The number of amides is 1. The van der Waals surface area contributed by atoms with E-state index in [0.717, 1.165) is 12.8 Å². The predicted molar refractivity (Wildman–Crippen MR) is 111 cm³/mol. The van der Waals surface area contributed by atoms with Crippen molar-refractivity contribution in [3.63, 3.8) is 0 Å². The topological polar surface area (TPSA) is 102 Å². The van der Waals surface area contributed by atoms with Crippen molar-refractivity contribution < 1.29 is 27.5 Å². The van der Waals surface area contributed by atoms with Crippen LogP contribution in [0.5, 0.6) is 5.75 Å². The van der Waals surface area contributed by atoms with E-state index in [-0.39, 0.29) is 22.3 Å². The Bertz CT molecular complexity index is 1030. The summed E-state index contributed by atoms with van der Waals surface area (Å²) in [5, 5.41) is 2.73. The molecule has 30 heavy (non-hydrogen) atoms. The number of methoxy groups -OCH3 is 1. The molecular formula is C20H21ClN2O6S. The Morgan fingerprint density at radius 1 is 1.10 bits per heavy atom. The third-order valence-corrected chi connectivity index (χ3v) is 6.74. The molecule has 10 heteroatoms. The van der Waals surface area contributed by atoms with Crippen molar-refractivity contribution in [3.05, 3.63) is 53.1 Å². The highest BCUT2D eigenvalue weighted by atomic mass is 35.5. The van der Waals surface area contributed by atoms with Crippen molar-refractivity contribution in [1.29, 1.82) is 0 Å². The van der Waals surface area contributed by atoms with Gasteiger partial charge in [-0.3, -0.25) is 4.79 Å². The van der Waals surface area contributed by atoms with Crippen molar-refractivity contribution in [3.8, 4) is 5.75 Å². The number of carbonyl (C=O) groups excluding carboxylic acids is 2. The van der Waals surface area contributed by atoms with E-state index in [2.05, 4.69) is 10.1 Å². The Labute approximate surface area is 179 Å². The van der Waals surface area contributed by atoms with Crippen LogP contribution >= 0.6 is 11.6 Å². The molecule has 0 spiro atoms. The first-order valence-electron chi connectivity index (χ1n) is 9.22. The molecule has 0 unspecified atom stereocenters. The van der Waals surface area contributed by atoms with Crippen LogP contribution in [0.25, 0.3) is 0 Å². The van der Waals surface area contributed by atoms with Gasteiger partial charge in [0.05, 0.1) is 22.6 Å². The van der Waals surface area contributed by atoms with Crippen molar-refractivity contribution in [2.24, 2.45) is 0 Å². The number of rotatable bonds is 7. The first-order chi connectivity index (χ1) is 14.3. The summed E-state index contributed by atoms with van der Waals surface area (Å²) in [6, 6.07) is 10.4. The van der Waals surface area contributed by atoms with Crippen LogP contribution in [0.4, 0.5) is 5.69 Å². The van der Waals surface area contributed by atoms with Gasteiger partial charge in [0.1, 0.15) is 5.75 Å². The molecule has 0 radical (unpaired) electrons. The van der Waals surface area contributed by atoms with Crippen LogP contribution in [0.2, 0.25) is 5.02 Å². The van der Waals surface area contributed by atoms with Gasteiger partial charge in [0, 0.05) is 18.8 Å². The number of benzene rings is 2.